The normalized spacial score (nSPS) is 14.3. The highest BCUT2D eigenvalue weighted by atomic mass is 16.2. The van der Waals surface area contributed by atoms with Gasteiger partial charge in [0.1, 0.15) is 23.7 Å². The summed E-state index contributed by atoms with van der Waals surface area (Å²) >= 11 is 0. The van der Waals surface area contributed by atoms with Crippen molar-refractivity contribution in [3.05, 3.63) is 42.5 Å². The maximum Gasteiger partial charge on any atom is 0.272 e. The Bertz CT molecular complexity index is 724. The van der Waals surface area contributed by atoms with Crippen molar-refractivity contribution in [3.63, 3.8) is 0 Å². The molecular weight excluding hydrogens is 340 g/mol. The van der Waals surface area contributed by atoms with Crippen LogP contribution in [0.1, 0.15) is 37.2 Å². The lowest BCUT2D eigenvalue weighted by Gasteiger charge is -2.35. The van der Waals surface area contributed by atoms with Gasteiger partial charge in [-0.1, -0.05) is 19.9 Å². The molecule has 0 aromatic carbocycles. The minimum Gasteiger partial charge on any atom is -0.357 e. The minimum absolute atomic E-state index is 0.0210. The van der Waals surface area contributed by atoms with E-state index in [0.29, 0.717) is 18.8 Å². The van der Waals surface area contributed by atoms with E-state index >= 15 is 0 Å². The van der Waals surface area contributed by atoms with Crippen LogP contribution in [0.2, 0.25) is 0 Å². The van der Waals surface area contributed by atoms with Gasteiger partial charge >= 0.3 is 0 Å². The number of hydrogen-bond donors (Lipinski definition) is 0. The molecule has 0 aliphatic carbocycles. The Morgan fingerprint density at radius 1 is 1.04 bits per heavy atom. The molecule has 1 aliphatic rings. The maximum absolute atomic E-state index is 12.9. The lowest BCUT2D eigenvalue weighted by Crippen LogP contribution is -2.49. The van der Waals surface area contributed by atoms with E-state index in [1.165, 1.54) is 6.33 Å². The van der Waals surface area contributed by atoms with E-state index in [0.717, 1.165) is 50.7 Å². The quantitative estimate of drug-likeness (QED) is 0.748. The van der Waals surface area contributed by atoms with Gasteiger partial charge in [-0.05, 0) is 25.0 Å². The molecular formula is C20H28N6O. The Kier molecular flexibility index (Phi) is 6.57. The van der Waals surface area contributed by atoms with Crippen molar-refractivity contribution in [1.29, 1.82) is 0 Å². The van der Waals surface area contributed by atoms with E-state index in [9.17, 15) is 4.79 Å². The summed E-state index contributed by atoms with van der Waals surface area (Å²) in [4.78, 5) is 32.2. The molecule has 0 spiro atoms. The van der Waals surface area contributed by atoms with Crippen molar-refractivity contribution in [2.24, 2.45) is 0 Å². The zero-order valence-corrected chi connectivity index (χ0v) is 16.2. The van der Waals surface area contributed by atoms with E-state index in [1.807, 2.05) is 29.2 Å². The molecule has 0 saturated carbocycles. The minimum atomic E-state index is -0.0210. The van der Waals surface area contributed by atoms with Crippen molar-refractivity contribution in [3.8, 4) is 0 Å². The Hall–Kier alpha value is -2.70. The number of carbonyl (C=O) groups is 1. The van der Waals surface area contributed by atoms with Gasteiger partial charge in [-0.2, -0.15) is 0 Å². The van der Waals surface area contributed by atoms with E-state index in [2.05, 4.69) is 38.6 Å². The van der Waals surface area contributed by atoms with E-state index in [1.54, 1.807) is 6.20 Å². The molecule has 1 saturated heterocycles. The number of carbonyl (C=O) groups excluding carboxylic acids is 1. The van der Waals surface area contributed by atoms with Crippen LogP contribution in [0, 0.1) is 0 Å². The van der Waals surface area contributed by atoms with Crippen LogP contribution < -0.4 is 9.80 Å². The number of amides is 1. The molecule has 0 N–H and O–H groups in total. The third kappa shape index (κ3) is 4.72. The molecule has 7 nitrogen and oxygen atoms in total. The lowest BCUT2D eigenvalue weighted by atomic mass is 10.2. The topological polar surface area (TPSA) is 65.5 Å². The predicted octanol–water partition coefficient (Wildman–Crippen LogP) is 2.46. The van der Waals surface area contributed by atoms with Crippen molar-refractivity contribution in [2.45, 2.75) is 26.7 Å². The fourth-order valence-corrected chi connectivity index (χ4v) is 3.36. The third-order valence-electron chi connectivity index (χ3n) is 4.72. The molecule has 0 unspecified atom stereocenters. The van der Waals surface area contributed by atoms with Crippen molar-refractivity contribution < 1.29 is 4.79 Å². The van der Waals surface area contributed by atoms with Crippen LogP contribution >= 0.6 is 0 Å². The summed E-state index contributed by atoms with van der Waals surface area (Å²) in [5.41, 5.74) is 0.475. The Morgan fingerprint density at radius 2 is 1.78 bits per heavy atom. The molecule has 144 valence electrons. The second-order valence-electron chi connectivity index (χ2n) is 6.72. The fraction of sp³-hybridized carbons (Fsp3) is 0.500. The van der Waals surface area contributed by atoms with Gasteiger partial charge in [0.05, 0.1) is 0 Å². The van der Waals surface area contributed by atoms with Gasteiger partial charge in [0.2, 0.25) is 0 Å². The number of nitrogens with zero attached hydrogens (tertiary/aromatic N) is 6. The number of pyridine rings is 1. The van der Waals surface area contributed by atoms with Gasteiger partial charge in [0, 0.05) is 51.5 Å². The molecule has 1 aliphatic heterocycles. The van der Waals surface area contributed by atoms with Gasteiger partial charge in [-0.15, -0.1) is 0 Å². The summed E-state index contributed by atoms with van der Waals surface area (Å²) < 4.78 is 0. The number of anilines is 2. The van der Waals surface area contributed by atoms with E-state index < -0.39 is 0 Å². The molecule has 7 heteroatoms. The smallest absolute Gasteiger partial charge is 0.272 e. The van der Waals surface area contributed by atoms with E-state index in [4.69, 9.17) is 0 Å². The second kappa shape index (κ2) is 9.30. The van der Waals surface area contributed by atoms with Crippen LogP contribution in [-0.2, 0) is 0 Å². The monoisotopic (exact) mass is 368 g/mol. The molecule has 2 aromatic heterocycles. The highest BCUT2D eigenvalue weighted by Gasteiger charge is 2.24. The van der Waals surface area contributed by atoms with Crippen LogP contribution in [0.25, 0.3) is 0 Å². The Morgan fingerprint density at radius 3 is 2.41 bits per heavy atom. The van der Waals surface area contributed by atoms with Gasteiger partial charge in [0.25, 0.3) is 5.91 Å². The van der Waals surface area contributed by atoms with Crippen molar-refractivity contribution >= 4 is 17.5 Å². The Labute approximate surface area is 161 Å². The molecule has 3 heterocycles. The van der Waals surface area contributed by atoms with Crippen LogP contribution in [-0.4, -0.2) is 65.0 Å². The van der Waals surface area contributed by atoms with Crippen molar-refractivity contribution in [2.75, 3.05) is 49.1 Å². The maximum atomic E-state index is 12.9. The average Bonchev–Trinajstić information content (AvgIpc) is 2.74. The molecule has 27 heavy (non-hydrogen) atoms. The summed E-state index contributed by atoms with van der Waals surface area (Å²) in [5.74, 6) is 1.78. The van der Waals surface area contributed by atoms with Gasteiger partial charge in [0.15, 0.2) is 0 Å². The average molecular weight is 368 g/mol. The first-order valence-corrected chi connectivity index (χ1v) is 9.75. The number of rotatable bonds is 7. The summed E-state index contributed by atoms with van der Waals surface area (Å²) in [7, 11) is 0. The fourth-order valence-electron chi connectivity index (χ4n) is 3.36. The summed E-state index contributed by atoms with van der Waals surface area (Å²) in [6, 6.07) is 7.74. The van der Waals surface area contributed by atoms with Crippen LogP contribution in [0.4, 0.5) is 11.6 Å². The highest BCUT2D eigenvalue weighted by molar-refractivity contribution is 5.93. The van der Waals surface area contributed by atoms with Crippen molar-refractivity contribution in [1.82, 2.24) is 19.9 Å². The van der Waals surface area contributed by atoms with Gasteiger partial charge in [-0.3, -0.25) is 4.79 Å². The third-order valence-corrected chi connectivity index (χ3v) is 4.72. The second-order valence-corrected chi connectivity index (χ2v) is 6.72. The molecule has 0 bridgehead atoms. The van der Waals surface area contributed by atoms with Gasteiger partial charge < -0.3 is 14.7 Å². The standard InChI is InChI=1S/C20H28N6O/c1-3-9-24(10-4-2)19-15-17(22-16-23-19)20(27)26-13-11-25(12-14-26)18-7-5-6-8-21-18/h5-8,15-16H,3-4,9-14H2,1-2H3. The number of hydrogen-bond acceptors (Lipinski definition) is 6. The molecule has 3 rings (SSSR count). The first-order chi connectivity index (χ1) is 13.2. The summed E-state index contributed by atoms with van der Waals surface area (Å²) in [6.45, 7) is 9.05. The van der Waals surface area contributed by atoms with E-state index in [-0.39, 0.29) is 5.91 Å². The Balaban J connectivity index is 1.65. The zero-order chi connectivity index (χ0) is 19.1. The van der Waals surface area contributed by atoms with Crippen LogP contribution in [0.5, 0.6) is 0 Å². The summed E-state index contributed by atoms with van der Waals surface area (Å²) in [5, 5.41) is 0. The highest BCUT2D eigenvalue weighted by Crippen LogP contribution is 2.16. The van der Waals surface area contributed by atoms with Crippen LogP contribution in [0.3, 0.4) is 0 Å². The first kappa shape index (κ1) is 19.1. The molecule has 1 fully saturated rings. The molecule has 0 atom stereocenters. The molecule has 1 amide bonds. The first-order valence-electron chi connectivity index (χ1n) is 9.75. The molecule has 2 aromatic rings. The predicted molar refractivity (Wildman–Crippen MR) is 107 cm³/mol. The number of piperazine rings is 1. The SMILES string of the molecule is CCCN(CCC)c1cc(C(=O)N2CCN(c3ccccn3)CC2)ncn1. The largest absolute Gasteiger partial charge is 0.357 e. The molecule has 0 radical (unpaired) electrons. The van der Waals surface area contributed by atoms with Crippen LogP contribution in [0.15, 0.2) is 36.8 Å². The van der Waals surface area contributed by atoms with Gasteiger partial charge in [-0.25, -0.2) is 15.0 Å². The number of aromatic nitrogens is 3. The lowest BCUT2D eigenvalue weighted by molar-refractivity contribution is 0.0740. The zero-order valence-electron chi connectivity index (χ0n) is 16.2. The summed E-state index contributed by atoms with van der Waals surface area (Å²) in [6.07, 6.45) is 5.39.